The second kappa shape index (κ2) is 5.51. The minimum absolute atomic E-state index is 0.322. The van der Waals surface area contributed by atoms with E-state index in [0.29, 0.717) is 12.1 Å². The monoisotopic (exact) mass is 260 g/mol. The molecule has 2 aliphatic rings. The first-order valence-corrected chi connectivity index (χ1v) is 7.39. The Morgan fingerprint density at radius 3 is 3.05 bits per heavy atom. The first-order chi connectivity index (χ1) is 9.20. The van der Waals surface area contributed by atoms with Crippen molar-refractivity contribution in [1.29, 1.82) is 0 Å². The lowest BCUT2D eigenvalue weighted by Crippen LogP contribution is -2.40. The number of fused-ring (bicyclic) bond motifs is 1. The number of benzene rings is 1. The van der Waals surface area contributed by atoms with Gasteiger partial charge in [0.1, 0.15) is 11.9 Å². The van der Waals surface area contributed by atoms with Gasteiger partial charge >= 0.3 is 0 Å². The van der Waals surface area contributed by atoms with Crippen LogP contribution in [0, 0.1) is 6.92 Å². The molecule has 104 valence electrons. The van der Waals surface area contributed by atoms with Gasteiger partial charge < -0.3 is 15.0 Å². The molecule has 1 aromatic rings. The number of nitrogens with one attached hydrogen (secondary N) is 1. The molecule has 0 radical (unpaired) electrons. The molecule has 0 aliphatic carbocycles. The third kappa shape index (κ3) is 3.10. The van der Waals surface area contributed by atoms with Crippen molar-refractivity contribution in [3.05, 3.63) is 29.3 Å². The van der Waals surface area contributed by atoms with Crippen LogP contribution in [0.2, 0.25) is 0 Å². The fourth-order valence-corrected chi connectivity index (χ4v) is 3.26. The van der Waals surface area contributed by atoms with Crippen molar-refractivity contribution >= 4 is 0 Å². The van der Waals surface area contributed by atoms with Crippen LogP contribution in [0.15, 0.2) is 18.2 Å². The minimum atomic E-state index is 0.322. The van der Waals surface area contributed by atoms with Gasteiger partial charge in [-0.3, -0.25) is 0 Å². The highest BCUT2D eigenvalue weighted by atomic mass is 16.5. The third-order valence-electron chi connectivity index (χ3n) is 4.17. The average molecular weight is 260 g/mol. The van der Waals surface area contributed by atoms with Gasteiger partial charge in [-0.1, -0.05) is 17.7 Å². The van der Waals surface area contributed by atoms with Crippen LogP contribution in [0.1, 0.15) is 24.0 Å². The van der Waals surface area contributed by atoms with Crippen LogP contribution in [-0.4, -0.2) is 43.7 Å². The van der Waals surface area contributed by atoms with Gasteiger partial charge in [0.05, 0.1) is 0 Å². The highest BCUT2D eigenvalue weighted by Crippen LogP contribution is 2.29. The highest BCUT2D eigenvalue weighted by molar-refractivity contribution is 5.40. The Morgan fingerprint density at radius 2 is 2.26 bits per heavy atom. The molecule has 1 saturated heterocycles. The van der Waals surface area contributed by atoms with Gasteiger partial charge in [0, 0.05) is 25.6 Å². The molecule has 2 unspecified atom stereocenters. The molecule has 1 N–H and O–H groups in total. The van der Waals surface area contributed by atoms with E-state index in [0.717, 1.165) is 25.3 Å². The first kappa shape index (κ1) is 12.9. The van der Waals surface area contributed by atoms with E-state index in [1.165, 1.54) is 30.5 Å². The molecule has 1 aromatic carbocycles. The zero-order valence-electron chi connectivity index (χ0n) is 12.0. The Bertz CT molecular complexity index is 440. The fraction of sp³-hybridized carbons (Fsp3) is 0.625. The van der Waals surface area contributed by atoms with Gasteiger partial charge in [0.15, 0.2) is 0 Å². The summed E-state index contributed by atoms with van der Waals surface area (Å²) in [4.78, 5) is 2.41. The number of likely N-dealkylation sites (N-methyl/N-ethyl adjacent to an activating group) is 1. The van der Waals surface area contributed by atoms with Crippen molar-refractivity contribution < 1.29 is 4.74 Å². The van der Waals surface area contributed by atoms with E-state index < -0.39 is 0 Å². The van der Waals surface area contributed by atoms with Gasteiger partial charge in [0.2, 0.25) is 0 Å². The molecule has 2 aliphatic heterocycles. The summed E-state index contributed by atoms with van der Waals surface area (Å²) in [7, 11) is 2.21. The van der Waals surface area contributed by atoms with Crippen LogP contribution in [0.25, 0.3) is 0 Å². The number of nitrogens with zero attached hydrogens (tertiary/aromatic N) is 1. The molecular formula is C16H24N2O. The Balaban J connectivity index is 1.52. The number of rotatable bonds is 4. The van der Waals surface area contributed by atoms with Gasteiger partial charge in [-0.15, -0.1) is 0 Å². The van der Waals surface area contributed by atoms with Crippen molar-refractivity contribution in [1.82, 2.24) is 10.2 Å². The molecule has 1 fully saturated rings. The van der Waals surface area contributed by atoms with Crippen molar-refractivity contribution in [2.75, 3.05) is 26.7 Å². The normalized spacial score (nSPS) is 25.6. The fourth-order valence-electron chi connectivity index (χ4n) is 3.26. The van der Waals surface area contributed by atoms with E-state index >= 15 is 0 Å². The van der Waals surface area contributed by atoms with Gasteiger partial charge in [-0.25, -0.2) is 0 Å². The predicted molar refractivity (Wildman–Crippen MR) is 77.8 cm³/mol. The third-order valence-corrected chi connectivity index (χ3v) is 4.17. The zero-order chi connectivity index (χ0) is 13.2. The number of aryl methyl sites for hydroxylation is 1. The molecule has 3 rings (SSSR count). The van der Waals surface area contributed by atoms with Gasteiger partial charge in [0.25, 0.3) is 0 Å². The Labute approximate surface area is 115 Å². The lowest BCUT2D eigenvalue weighted by molar-refractivity contribution is 0.162. The molecule has 3 heteroatoms. The lowest BCUT2D eigenvalue weighted by atomic mass is 10.1. The van der Waals surface area contributed by atoms with Crippen LogP contribution in [0.3, 0.4) is 0 Å². The van der Waals surface area contributed by atoms with E-state index in [1.54, 1.807) is 0 Å². The van der Waals surface area contributed by atoms with Gasteiger partial charge in [-0.2, -0.15) is 0 Å². The molecule has 2 atom stereocenters. The molecular weight excluding hydrogens is 236 g/mol. The summed E-state index contributed by atoms with van der Waals surface area (Å²) >= 11 is 0. The largest absolute Gasteiger partial charge is 0.488 e. The maximum Gasteiger partial charge on any atom is 0.123 e. The summed E-state index contributed by atoms with van der Waals surface area (Å²) in [6.45, 7) is 5.48. The maximum absolute atomic E-state index is 6.03. The second-order valence-electron chi connectivity index (χ2n) is 6.07. The molecule has 19 heavy (non-hydrogen) atoms. The second-order valence-corrected chi connectivity index (χ2v) is 6.07. The molecule has 0 spiro atoms. The van der Waals surface area contributed by atoms with E-state index in [2.05, 4.69) is 42.4 Å². The van der Waals surface area contributed by atoms with E-state index in [1.807, 2.05) is 0 Å². The number of ether oxygens (including phenoxy) is 1. The van der Waals surface area contributed by atoms with E-state index in [-0.39, 0.29) is 0 Å². The summed E-state index contributed by atoms with van der Waals surface area (Å²) in [6, 6.07) is 7.18. The summed E-state index contributed by atoms with van der Waals surface area (Å²) < 4.78 is 6.03. The first-order valence-electron chi connectivity index (χ1n) is 7.39. The van der Waals surface area contributed by atoms with Crippen LogP contribution in [-0.2, 0) is 6.42 Å². The average Bonchev–Trinajstić information content (AvgIpc) is 2.97. The summed E-state index contributed by atoms with van der Waals surface area (Å²) in [5.74, 6) is 1.09. The van der Waals surface area contributed by atoms with Crippen molar-refractivity contribution in [3.63, 3.8) is 0 Å². The van der Waals surface area contributed by atoms with Crippen LogP contribution in [0.5, 0.6) is 5.75 Å². The molecule has 0 aromatic heterocycles. The Kier molecular flexibility index (Phi) is 3.76. The number of hydrogen-bond donors (Lipinski definition) is 1. The van der Waals surface area contributed by atoms with Crippen molar-refractivity contribution in [3.8, 4) is 5.75 Å². The molecule has 3 nitrogen and oxygen atoms in total. The van der Waals surface area contributed by atoms with Crippen LogP contribution in [0.4, 0.5) is 0 Å². The quantitative estimate of drug-likeness (QED) is 0.896. The van der Waals surface area contributed by atoms with Crippen LogP contribution >= 0.6 is 0 Å². The topological polar surface area (TPSA) is 24.5 Å². The summed E-state index contributed by atoms with van der Waals surface area (Å²) in [6.07, 6.45) is 4.01. The summed E-state index contributed by atoms with van der Waals surface area (Å²) in [5, 5.41) is 3.55. The Morgan fingerprint density at radius 1 is 1.37 bits per heavy atom. The maximum atomic E-state index is 6.03. The number of hydrogen-bond acceptors (Lipinski definition) is 3. The van der Waals surface area contributed by atoms with Crippen molar-refractivity contribution in [2.45, 2.75) is 38.3 Å². The summed E-state index contributed by atoms with van der Waals surface area (Å²) in [5.41, 5.74) is 2.70. The standard InChI is InChI=1S/C16H24N2O/c1-12-5-6-16-13(8-12)9-15(19-16)11-18(2)10-14-4-3-7-17-14/h5-6,8,14-15,17H,3-4,7,9-11H2,1-2H3. The van der Waals surface area contributed by atoms with Crippen LogP contribution < -0.4 is 10.1 Å². The van der Waals surface area contributed by atoms with E-state index in [4.69, 9.17) is 4.74 Å². The van der Waals surface area contributed by atoms with Crippen molar-refractivity contribution in [2.24, 2.45) is 0 Å². The minimum Gasteiger partial charge on any atom is -0.488 e. The molecule has 2 heterocycles. The molecule has 0 amide bonds. The highest BCUT2D eigenvalue weighted by Gasteiger charge is 2.25. The molecule has 0 bridgehead atoms. The smallest absolute Gasteiger partial charge is 0.123 e. The lowest BCUT2D eigenvalue weighted by Gasteiger charge is -2.23. The predicted octanol–water partition coefficient (Wildman–Crippen LogP) is 1.98. The van der Waals surface area contributed by atoms with E-state index in [9.17, 15) is 0 Å². The van der Waals surface area contributed by atoms with Gasteiger partial charge in [-0.05, 0) is 45.0 Å². The zero-order valence-corrected chi connectivity index (χ0v) is 12.0. The molecule has 0 saturated carbocycles. The Hall–Kier alpha value is -1.06. The SMILES string of the molecule is Cc1ccc2c(c1)CC(CN(C)CC1CCCN1)O2.